The van der Waals surface area contributed by atoms with Crippen LogP contribution < -0.4 is 14.2 Å². The molecule has 0 spiro atoms. The largest absolute Gasteiger partial charge is 0.497 e. The second-order valence-corrected chi connectivity index (χ2v) is 7.08. The molecule has 0 bridgehead atoms. The summed E-state index contributed by atoms with van der Waals surface area (Å²) < 4.78 is 41.0. The van der Waals surface area contributed by atoms with Crippen LogP contribution in [-0.2, 0) is 15.6 Å². The molecule has 0 atom stereocenters. The van der Waals surface area contributed by atoms with E-state index in [1.807, 2.05) is 0 Å². The van der Waals surface area contributed by atoms with Crippen molar-refractivity contribution in [1.82, 2.24) is 15.0 Å². The molecule has 9 heteroatoms. The molecule has 8 nitrogen and oxygen atoms in total. The van der Waals surface area contributed by atoms with Crippen molar-refractivity contribution in [1.29, 1.82) is 0 Å². The highest BCUT2D eigenvalue weighted by Crippen LogP contribution is 2.31. The van der Waals surface area contributed by atoms with Crippen LogP contribution in [0.25, 0.3) is 11.0 Å². The monoisotopic (exact) mass is 363 g/mol. The van der Waals surface area contributed by atoms with Gasteiger partial charge < -0.3 is 19.2 Å². The maximum Gasteiger partial charge on any atom is 0.226 e. The Balaban J connectivity index is 2.00. The molecule has 1 aromatic carbocycles. The van der Waals surface area contributed by atoms with E-state index in [1.54, 1.807) is 24.3 Å². The van der Waals surface area contributed by atoms with E-state index in [9.17, 15) is 8.42 Å². The van der Waals surface area contributed by atoms with Crippen molar-refractivity contribution in [2.75, 3.05) is 21.3 Å². The summed E-state index contributed by atoms with van der Waals surface area (Å²) in [5, 5.41) is -0.137. The van der Waals surface area contributed by atoms with Gasteiger partial charge in [-0.2, -0.15) is 0 Å². The van der Waals surface area contributed by atoms with Gasteiger partial charge in [0.25, 0.3) is 0 Å². The number of aromatic nitrogens is 3. The van der Waals surface area contributed by atoms with Gasteiger partial charge in [0.05, 0.1) is 32.4 Å². The molecule has 1 N–H and O–H groups in total. The SMILES string of the molecule is COc1ccc2[nH]c(S(=O)(=O)Cc3nccc(OC)c3OC)nc2c1. The van der Waals surface area contributed by atoms with Crippen molar-refractivity contribution in [2.45, 2.75) is 10.9 Å². The number of nitrogens with one attached hydrogen (secondary N) is 1. The van der Waals surface area contributed by atoms with Gasteiger partial charge in [-0.3, -0.25) is 4.98 Å². The number of rotatable bonds is 6. The van der Waals surface area contributed by atoms with Crippen molar-refractivity contribution in [3.8, 4) is 17.2 Å². The van der Waals surface area contributed by atoms with E-state index in [0.717, 1.165) is 0 Å². The summed E-state index contributed by atoms with van der Waals surface area (Å²) in [7, 11) is 0.685. The van der Waals surface area contributed by atoms with Gasteiger partial charge in [-0.25, -0.2) is 13.4 Å². The number of benzene rings is 1. The van der Waals surface area contributed by atoms with E-state index in [2.05, 4.69) is 15.0 Å². The Kier molecular flexibility index (Phi) is 4.49. The molecule has 2 heterocycles. The molecule has 3 rings (SSSR count). The summed E-state index contributed by atoms with van der Waals surface area (Å²) >= 11 is 0. The van der Waals surface area contributed by atoms with E-state index < -0.39 is 9.84 Å². The predicted octanol–water partition coefficient (Wildman–Crippen LogP) is 1.96. The Hall–Kier alpha value is -2.81. The van der Waals surface area contributed by atoms with E-state index >= 15 is 0 Å². The zero-order chi connectivity index (χ0) is 18.0. The highest BCUT2D eigenvalue weighted by atomic mass is 32.2. The van der Waals surface area contributed by atoms with Crippen molar-refractivity contribution in [3.05, 3.63) is 36.2 Å². The fourth-order valence-electron chi connectivity index (χ4n) is 2.44. The maximum atomic E-state index is 12.7. The summed E-state index contributed by atoms with van der Waals surface area (Å²) in [6.45, 7) is 0. The lowest BCUT2D eigenvalue weighted by atomic mass is 10.3. The second-order valence-electron chi connectivity index (χ2n) is 5.18. The fourth-order valence-corrected chi connectivity index (χ4v) is 3.64. The van der Waals surface area contributed by atoms with Crippen LogP contribution in [0.3, 0.4) is 0 Å². The normalized spacial score (nSPS) is 11.5. The first kappa shape index (κ1) is 17.0. The number of fused-ring (bicyclic) bond motifs is 1. The number of hydrogen-bond acceptors (Lipinski definition) is 7. The minimum absolute atomic E-state index is 0.137. The lowest BCUT2D eigenvalue weighted by molar-refractivity contribution is 0.350. The molecule has 0 saturated carbocycles. The Bertz CT molecular complexity index is 1010. The van der Waals surface area contributed by atoms with E-state index in [4.69, 9.17) is 14.2 Å². The van der Waals surface area contributed by atoms with Crippen LogP contribution in [0.2, 0.25) is 0 Å². The smallest absolute Gasteiger partial charge is 0.226 e. The zero-order valence-electron chi connectivity index (χ0n) is 13.9. The van der Waals surface area contributed by atoms with Gasteiger partial charge in [-0.05, 0) is 12.1 Å². The van der Waals surface area contributed by atoms with Gasteiger partial charge in [0, 0.05) is 18.3 Å². The number of sulfone groups is 1. The molecule has 0 amide bonds. The molecule has 0 fully saturated rings. The van der Waals surface area contributed by atoms with Crippen molar-refractivity contribution < 1.29 is 22.6 Å². The predicted molar refractivity (Wildman–Crippen MR) is 90.9 cm³/mol. The molecule has 0 unspecified atom stereocenters. The van der Waals surface area contributed by atoms with Crippen LogP contribution in [-0.4, -0.2) is 44.7 Å². The van der Waals surface area contributed by atoms with Crippen LogP contribution >= 0.6 is 0 Å². The average molecular weight is 363 g/mol. The Morgan fingerprint density at radius 1 is 1.08 bits per heavy atom. The number of aromatic amines is 1. The van der Waals surface area contributed by atoms with E-state index in [-0.39, 0.29) is 22.4 Å². The molecular weight excluding hydrogens is 346 g/mol. The number of imidazole rings is 1. The molecule has 3 aromatic rings. The Labute approximate surface area is 144 Å². The van der Waals surface area contributed by atoms with Crippen LogP contribution in [0.4, 0.5) is 0 Å². The third kappa shape index (κ3) is 3.22. The van der Waals surface area contributed by atoms with Gasteiger partial charge >= 0.3 is 0 Å². The number of nitrogens with zero attached hydrogens (tertiary/aromatic N) is 2. The Morgan fingerprint density at radius 3 is 2.56 bits per heavy atom. The molecule has 0 aliphatic heterocycles. The number of pyridine rings is 1. The van der Waals surface area contributed by atoms with Gasteiger partial charge in [0.2, 0.25) is 15.0 Å². The molecule has 0 aliphatic rings. The van der Waals surface area contributed by atoms with Crippen molar-refractivity contribution in [3.63, 3.8) is 0 Å². The van der Waals surface area contributed by atoms with Crippen LogP contribution in [0.15, 0.2) is 35.6 Å². The minimum atomic E-state index is -3.76. The summed E-state index contributed by atoms with van der Waals surface area (Å²) in [6.07, 6.45) is 1.47. The average Bonchev–Trinajstić information content (AvgIpc) is 3.05. The maximum absolute atomic E-state index is 12.7. The molecule has 2 aromatic heterocycles. The number of hydrogen-bond donors (Lipinski definition) is 1. The first-order valence-electron chi connectivity index (χ1n) is 7.31. The summed E-state index contributed by atoms with van der Waals surface area (Å²) in [5.41, 5.74) is 1.35. The van der Waals surface area contributed by atoms with Gasteiger partial charge in [-0.1, -0.05) is 0 Å². The first-order chi connectivity index (χ1) is 12.0. The van der Waals surface area contributed by atoms with Gasteiger partial charge in [0.1, 0.15) is 17.2 Å². The molecule has 0 saturated heterocycles. The number of ether oxygens (including phenoxy) is 3. The van der Waals surface area contributed by atoms with Crippen molar-refractivity contribution >= 4 is 20.9 Å². The standard InChI is InChI=1S/C16H17N3O5S/c1-22-10-4-5-11-12(8-10)19-16(18-11)25(20,21)9-13-15(24-3)14(23-2)6-7-17-13/h4-8H,9H2,1-3H3,(H,18,19). The number of H-pyrrole nitrogens is 1. The van der Waals surface area contributed by atoms with Gasteiger partial charge in [-0.15, -0.1) is 0 Å². The van der Waals surface area contributed by atoms with E-state index in [1.165, 1.54) is 27.5 Å². The van der Waals surface area contributed by atoms with E-state index in [0.29, 0.717) is 22.5 Å². The second kappa shape index (κ2) is 6.60. The molecule has 0 aliphatic carbocycles. The Morgan fingerprint density at radius 2 is 1.88 bits per heavy atom. The van der Waals surface area contributed by atoms with Crippen molar-refractivity contribution in [2.24, 2.45) is 0 Å². The van der Waals surface area contributed by atoms with Gasteiger partial charge in [0.15, 0.2) is 11.5 Å². The summed E-state index contributed by atoms with van der Waals surface area (Å²) in [4.78, 5) is 11.1. The molecule has 132 valence electrons. The topological polar surface area (TPSA) is 103 Å². The minimum Gasteiger partial charge on any atom is -0.497 e. The van der Waals surface area contributed by atoms with Crippen LogP contribution in [0, 0.1) is 0 Å². The quantitative estimate of drug-likeness (QED) is 0.714. The summed E-state index contributed by atoms with van der Waals surface area (Å²) in [6, 6.07) is 6.70. The first-order valence-corrected chi connectivity index (χ1v) is 8.96. The summed E-state index contributed by atoms with van der Waals surface area (Å²) in [5.74, 6) is 0.923. The van der Waals surface area contributed by atoms with Crippen LogP contribution in [0.1, 0.15) is 5.69 Å². The highest BCUT2D eigenvalue weighted by Gasteiger charge is 2.24. The molecule has 25 heavy (non-hydrogen) atoms. The number of methoxy groups -OCH3 is 3. The lowest BCUT2D eigenvalue weighted by Gasteiger charge is -2.11. The lowest BCUT2D eigenvalue weighted by Crippen LogP contribution is -2.10. The van der Waals surface area contributed by atoms with Crippen LogP contribution in [0.5, 0.6) is 17.2 Å². The highest BCUT2D eigenvalue weighted by molar-refractivity contribution is 7.90. The molecular formula is C16H17N3O5S. The third-order valence-electron chi connectivity index (χ3n) is 3.66. The molecule has 0 radical (unpaired) electrons. The zero-order valence-corrected chi connectivity index (χ0v) is 14.8. The fraction of sp³-hybridized carbons (Fsp3) is 0.250. The third-order valence-corrected chi connectivity index (χ3v) is 5.09.